The van der Waals surface area contributed by atoms with E-state index in [0.29, 0.717) is 45.2 Å². The minimum Gasteiger partial charge on any atom is -0.477 e. The number of ether oxygens (including phenoxy) is 6. The third-order valence-electron chi connectivity index (χ3n) is 14.0. The maximum Gasteiger partial charge on any atom is 0.356 e. The Bertz CT molecular complexity index is 4800. The maximum atomic E-state index is 11.2. The zero-order chi connectivity index (χ0) is 80.8. The highest BCUT2D eigenvalue weighted by Gasteiger charge is 2.13. The number of anilines is 1. The summed E-state index contributed by atoms with van der Waals surface area (Å²) in [4.78, 5) is 108. The fraction of sp³-hybridized carbons (Fsp3) is 0.176. The number of esters is 6. The SMILES string of the molecule is CC.CC.CC.CC.CN.COC(=O)c1ccc2ccc(N)cc2n1.COC(=O)c1ccc2ccc(S)cc2n1.COC(=O)c1ccc2ccccc2n1.COC(=O)c1ccc2ccccc2n1.COC(=O)c1ccc2ccccc2n1.COC(=O)c1ccc2ccccc2n1.O=C(O)c1ccc2ccccc2n1. The number of carbonyl (C=O) groups excluding carboxylic acids is 6. The summed E-state index contributed by atoms with van der Waals surface area (Å²) >= 11 is 4.21. The van der Waals surface area contributed by atoms with Gasteiger partial charge in [0.2, 0.25) is 0 Å². The number of aromatic nitrogens is 7. The van der Waals surface area contributed by atoms with Crippen molar-refractivity contribution in [2.75, 3.05) is 55.4 Å². The molecule has 14 aromatic rings. The molecule has 0 aliphatic carbocycles. The molecule has 0 radical (unpaired) electrons. The van der Waals surface area contributed by atoms with Crippen LogP contribution in [0.25, 0.3) is 76.3 Å². The summed E-state index contributed by atoms with van der Waals surface area (Å²) in [5, 5.41) is 15.6. The molecule has 7 aromatic heterocycles. The van der Waals surface area contributed by atoms with Gasteiger partial charge < -0.3 is 45.0 Å². The first-order valence-corrected chi connectivity index (χ1v) is 34.7. The number of methoxy groups -OCH3 is 6. The quantitative estimate of drug-likeness (QED) is 0.0498. The molecule has 0 aliphatic rings. The molecule has 0 spiro atoms. The number of nitrogens with zero attached hydrogens (tertiary/aromatic N) is 7. The summed E-state index contributed by atoms with van der Waals surface area (Å²) in [5.41, 5.74) is 18.1. The highest BCUT2D eigenvalue weighted by atomic mass is 32.1. The number of carboxylic acid groups (broad SMARTS) is 1. The molecular formula is C85H91N9O14S. The predicted octanol–water partition coefficient (Wildman–Crippen LogP) is 17.6. The molecule has 7 aromatic carbocycles. The van der Waals surface area contributed by atoms with E-state index in [1.54, 1.807) is 60.7 Å². The molecule has 109 heavy (non-hydrogen) atoms. The monoisotopic (exact) mass is 1490 g/mol. The van der Waals surface area contributed by atoms with E-state index in [9.17, 15) is 33.6 Å². The van der Waals surface area contributed by atoms with Crippen LogP contribution < -0.4 is 11.5 Å². The summed E-state index contributed by atoms with van der Waals surface area (Å²) in [6.45, 7) is 16.0. The van der Waals surface area contributed by atoms with Crippen LogP contribution in [0, 0.1) is 0 Å². The molecule has 23 nitrogen and oxygen atoms in total. The van der Waals surface area contributed by atoms with E-state index in [-0.39, 0.29) is 11.4 Å². The second kappa shape index (κ2) is 49.5. The molecule has 0 saturated heterocycles. The highest BCUT2D eigenvalue weighted by Crippen LogP contribution is 2.21. The number of aromatic carboxylic acids is 1. The largest absolute Gasteiger partial charge is 0.477 e. The normalized spacial score (nSPS) is 9.48. The minimum absolute atomic E-state index is 0.0821. The number of carboxylic acids is 1. The van der Waals surface area contributed by atoms with Crippen molar-refractivity contribution in [1.29, 1.82) is 0 Å². The second-order valence-electron chi connectivity index (χ2n) is 20.4. The summed E-state index contributed by atoms with van der Waals surface area (Å²) in [7, 11) is 9.55. The van der Waals surface area contributed by atoms with Crippen molar-refractivity contribution in [3.05, 3.63) is 283 Å². The van der Waals surface area contributed by atoms with Gasteiger partial charge in [0.15, 0.2) is 0 Å². The lowest BCUT2D eigenvalue weighted by Gasteiger charge is -2.01. The molecule has 0 saturated carbocycles. The van der Waals surface area contributed by atoms with Crippen molar-refractivity contribution in [2.45, 2.75) is 60.3 Å². The van der Waals surface area contributed by atoms with Gasteiger partial charge >= 0.3 is 41.8 Å². The van der Waals surface area contributed by atoms with Crippen LogP contribution >= 0.6 is 12.6 Å². The van der Waals surface area contributed by atoms with Crippen LogP contribution in [-0.2, 0) is 28.4 Å². The number of para-hydroxylation sites is 5. The van der Waals surface area contributed by atoms with Crippen LogP contribution in [0.1, 0.15) is 129 Å². The van der Waals surface area contributed by atoms with Crippen LogP contribution in [0.5, 0.6) is 0 Å². The fourth-order valence-electron chi connectivity index (χ4n) is 9.00. The van der Waals surface area contributed by atoms with E-state index in [4.69, 9.17) is 10.8 Å². The van der Waals surface area contributed by atoms with E-state index in [1.165, 1.54) is 55.8 Å². The summed E-state index contributed by atoms with van der Waals surface area (Å²) < 4.78 is 27.5. The third-order valence-corrected chi connectivity index (χ3v) is 14.2. The van der Waals surface area contributed by atoms with Gasteiger partial charge in [0.1, 0.15) is 39.9 Å². The Hall–Kier alpha value is -13.2. The summed E-state index contributed by atoms with van der Waals surface area (Å²) in [6.07, 6.45) is 0. The first-order chi connectivity index (χ1) is 52.9. The van der Waals surface area contributed by atoms with Crippen LogP contribution in [0.3, 0.4) is 0 Å². The molecule has 24 heteroatoms. The molecule has 0 fully saturated rings. The zero-order valence-corrected chi connectivity index (χ0v) is 64.5. The van der Waals surface area contributed by atoms with E-state index in [2.05, 4.69) is 81.7 Å². The highest BCUT2D eigenvalue weighted by molar-refractivity contribution is 7.80. The third kappa shape index (κ3) is 28.0. The first-order valence-electron chi connectivity index (χ1n) is 34.3. The van der Waals surface area contributed by atoms with Gasteiger partial charge in [0.25, 0.3) is 0 Å². The van der Waals surface area contributed by atoms with Gasteiger partial charge in [-0.3, -0.25) is 0 Å². The number of thiol groups is 1. The van der Waals surface area contributed by atoms with Gasteiger partial charge in [0, 0.05) is 48.3 Å². The van der Waals surface area contributed by atoms with Crippen molar-refractivity contribution >= 4 is 136 Å². The molecule has 5 N–H and O–H groups in total. The van der Waals surface area contributed by atoms with Gasteiger partial charge in [-0.1, -0.05) is 201 Å². The fourth-order valence-corrected chi connectivity index (χ4v) is 9.20. The maximum absolute atomic E-state index is 11.2. The molecule has 0 atom stereocenters. The van der Waals surface area contributed by atoms with Gasteiger partial charge in [-0.25, -0.2) is 68.4 Å². The van der Waals surface area contributed by atoms with E-state index in [1.807, 2.05) is 231 Å². The predicted molar refractivity (Wildman–Crippen MR) is 434 cm³/mol. The Balaban J connectivity index is 0.000000323. The standard InChI is InChI=1S/C11H10N2O2.C11H9NO2S.4C11H9NO2.C10H7NO2.4C2H6.CH5N/c1-15-11(14)9-5-3-7-2-4-8(12)6-10(7)13-9;1-14-11(13)9-5-3-7-2-4-8(15)6-10(7)12-9;4*1-14-11(13)10-7-6-8-4-2-3-5-9(8)12-10;12-10(13)9-6-5-7-3-1-2-4-8(7)11-9;5*1-2/h2-6H,12H2,1H3;2-6,15H,1H3;4*2-7H,1H3;1-6H,(H,12,13);4*1-2H3;2H2,1H3. The number of carbonyl (C=O) groups is 7. The van der Waals surface area contributed by atoms with Crippen LogP contribution in [0.2, 0.25) is 0 Å². The van der Waals surface area contributed by atoms with Gasteiger partial charge in [-0.05, 0) is 104 Å². The average molecular weight is 1490 g/mol. The number of rotatable bonds is 7. The number of fused-ring (bicyclic) bond motifs is 7. The van der Waals surface area contributed by atoms with E-state index in [0.717, 1.165) is 70.2 Å². The van der Waals surface area contributed by atoms with Crippen LogP contribution in [0.4, 0.5) is 5.69 Å². The Morgan fingerprint density at radius 2 is 0.450 bits per heavy atom. The molecule has 0 amide bonds. The number of hydrogen-bond acceptors (Lipinski definition) is 23. The Morgan fingerprint density at radius 1 is 0.266 bits per heavy atom. The molecule has 566 valence electrons. The summed E-state index contributed by atoms with van der Waals surface area (Å²) in [6, 6.07) is 73.2. The topological polar surface area (TPSA) is 337 Å². The Labute approximate surface area is 639 Å². The van der Waals surface area contributed by atoms with E-state index >= 15 is 0 Å². The smallest absolute Gasteiger partial charge is 0.356 e. The minimum atomic E-state index is -0.995. The van der Waals surface area contributed by atoms with Crippen LogP contribution in [-0.4, -0.2) is 131 Å². The molecular weight excluding hydrogens is 1400 g/mol. The number of pyridine rings is 7. The Morgan fingerprint density at radius 3 is 0.688 bits per heavy atom. The first kappa shape index (κ1) is 90.0. The molecule has 0 aliphatic heterocycles. The zero-order valence-electron chi connectivity index (χ0n) is 63.6. The Kier molecular flexibility index (Phi) is 40.9. The van der Waals surface area contributed by atoms with Gasteiger partial charge in [-0.15, -0.1) is 12.6 Å². The lowest BCUT2D eigenvalue weighted by atomic mass is 10.2. The van der Waals surface area contributed by atoms with E-state index < -0.39 is 41.8 Å². The van der Waals surface area contributed by atoms with Gasteiger partial charge in [-0.2, -0.15) is 0 Å². The van der Waals surface area contributed by atoms with Crippen molar-refractivity contribution in [2.24, 2.45) is 5.73 Å². The number of nitrogen functional groups attached to an aromatic ring is 1. The second-order valence-corrected chi connectivity index (χ2v) is 20.9. The van der Waals surface area contributed by atoms with Gasteiger partial charge in [0.05, 0.1) is 81.3 Å². The molecule has 0 unspecified atom stereocenters. The lowest BCUT2D eigenvalue weighted by Crippen LogP contribution is -2.03. The molecule has 0 bridgehead atoms. The summed E-state index contributed by atoms with van der Waals surface area (Å²) in [5.74, 6) is -3.50. The van der Waals surface area contributed by atoms with Crippen molar-refractivity contribution in [3.63, 3.8) is 0 Å². The van der Waals surface area contributed by atoms with Crippen molar-refractivity contribution in [3.8, 4) is 0 Å². The van der Waals surface area contributed by atoms with Crippen molar-refractivity contribution in [1.82, 2.24) is 34.9 Å². The number of hydrogen-bond donors (Lipinski definition) is 4. The number of nitrogens with two attached hydrogens (primary N) is 2. The molecule has 14 rings (SSSR count). The van der Waals surface area contributed by atoms with Crippen LogP contribution in [0.15, 0.2) is 248 Å². The lowest BCUT2D eigenvalue weighted by molar-refractivity contribution is 0.0586. The molecule has 7 heterocycles. The number of benzene rings is 7. The average Bonchev–Trinajstić information content (AvgIpc) is 0.813. The van der Waals surface area contributed by atoms with Crippen molar-refractivity contribution < 1.29 is 67.1 Å².